The van der Waals surface area contributed by atoms with Crippen LogP contribution < -0.4 is 0 Å². The molecule has 0 aliphatic rings. The Labute approximate surface area is 141 Å². The van der Waals surface area contributed by atoms with Crippen molar-refractivity contribution in [3.05, 3.63) is 35.4 Å². The second kappa shape index (κ2) is 8.96. The van der Waals surface area contributed by atoms with Gasteiger partial charge in [0, 0.05) is 11.1 Å². The molecule has 0 amide bonds. The van der Waals surface area contributed by atoms with E-state index in [0.717, 1.165) is 0 Å². The summed E-state index contributed by atoms with van der Waals surface area (Å²) in [5.41, 5.74) is 0.604. The van der Waals surface area contributed by atoms with Gasteiger partial charge < -0.3 is 9.47 Å². The maximum atomic E-state index is 12.2. The summed E-state index contributed by atoms with van der Waals surface area (Å²) in [6.45, 7) is 6.69. The summed E-state index contributed by atoms with van der Waals surface area (Å²) in [5.74, 6) is -3.76. The van der Waals surface area contributed by atoms with Gasteiger partial charge in [0.25, 0.3) is 0 Å². The molecular weight excluding hydrogens is 312 g/mol. The maximum Gasteiger partial charge on any atom is 0.316 e. The minimum absolute atomic E-state index is 0.204. The lowest BCUT2D eigenvalue weighted by molar-refractivity contribution is -0.146. The Morgan fingerprint density at radius 3 is 1.29 bits per heavy atom. The molecule has 0 fully saturated rings. The lowest BCUT2D eigenvalue weighted by Gasteiger charge is -2.11. The zero-order valence-electron chi connectivity index (χ0n) is 14.3. The van der Waals surface area contributed by atoms with Gasteiger partial charge in [0.15, 0.2) is 11.6 Å². The largest absolute Gasteiger partial charge is 0.465 e. The van der Waals surface area contributed by atoms with Crippen molar-refractivity contribution >= 4 is 23.5 Å². The normalized spacial score (nSPS) is 12.8. The van der Waals surface area contributed by atoms with E-state index in [9.17, 15) is 19.2 Å². The molecule has 0 aromatic heterocycles. The molecule has 0 bridgehead atoms. The van der Waals surface area contributed by atoms with Crippen molar-refractivity contribution in [2.75, 3.05) is 13.2 Å². The fraction of sp³-hybridized carbons (Fsp3) is 0.444. The van der Waals surface area contributed by atoms with Crippen LogP contribution in [0.15, 0.2) is 24.3 Å². The first-order valence-electron chi connectivity index (χ1n) is 7.85. The molecule has 1 aromatic carbocycles. The van der Waals surface area contributed by atoms with E-state index < -0.39 is 23.8 Å². The van der Waals surface area contributed by atoms with Crippen molar-refractivity contribution in [3.8, 4) is 0 Å². The van der Waals surface area contributed by atoms with Crippen molar-refractivity contribution in [3.63, 3.8) is 0 Å². The Morgan fingerprint density at radius 2 is 1.04 bits per heavy atom. The number of ether oxygens (including phenoxy) is 2. The van der Waals surface area contributed by atoms with Crippen molar-refractivity contribution in [2.24, 2.45) is 11.8 Å². The first-order chi connectivity index (χ1) is 11.3. The van der Waals surface area contributed by atoms with Gasteiger partial charge in [-0.1, -0.05) is 24.3 Å². The Morgan fingerprint density at radius 1 is 0.750 bits per heavy atom. The van der Waals surface area contributed by atoms with E-state index in [1.54, 1.807) is 13.8 Å². The van der Waals surface area contributed by atoms with E-state index in [2.05, 4.69) is 0 Å². The van der Waals surface area contributed by atoms with E-state index >= 15 is 0 Å². The van der Waals surface area contributed by atoms with Gasteiger partial charge in [-0.05, 0) is 27.7 Å². The molecule has 0 aliphatic heterocycles. The number of benzene rings is 1. The van der Waals surface area contributed by atoms with Crippen LogP contribution in [0.2, 0.25) is 0 Å². The van der Waals surface area contributed by atoms with E-state index in [1.165, 1.54) is 38.1 Å². The number of hydrogen-bond acceptors (Lipinski definition) is 6. The fourth-order valence-corrected chi connectivity index (χ4v) is 2.05. The Hall–Kier alpha value is -2.50. The van der Waals surface area contributed by atoms with Crippen LogP contribution in [-0.2, 0) is 19.1 Å². The van der Waals surface area contributed by atoms with Crippen LogP contribution in [0.5, 0.6) is 0 Å². The number of carbonyl (C=O) groups is 4. The molecule has 1 rings (SSSR count). The van der Waals surface area contributed by atoms with Gasteiger partial charge in [-0.15, -0.1) is 0 Å². The molecule has 0 saturated carbocycles. The molecule has 0 spiro atoms. The molecule has 2 atom stereocenters. The van der Waals surface area contributed by atoms with Gasteiger partial charge in [0.2, 0.25) is 0 Å². The van der Waals surface area contributed by atoms with Crippen LogP contribution in [-0.4, -0.2) is 36.7 Å². The highest BCUT2D eigenvalue weighted by Gasteiger charge is 2.26. The number of Topliss-reactive ketones (excluding diaryl/α,β-unsaturated/α-hetero) is 2. The highest BCUT2D eigenvalue weighted by molar-refractivity contribution is 6.10. The highest BCUT2D eigenvalue weighted by atomic mass is 16.5. The maximum absolute atomic E-state index is 12.2. The molecule has 0 saturated heterocycles. The van der Waals surface area contributed by atoms with Crippen molar-refractivity contribution in [1.82, 2.24) is 0 Å². The van der Waals surface area contributed by atoms with Gasteiger partial charge in [-0.25, -0.2) is 0 Å². The predicted octanol–water partition coefficient (Wildman–Crippen LogP) is 2.45. The molecular formula is C18H22O6. The predicted molar refractivity (Wildman–Crippen MR) is 86.7 cm³/mol. The second-order valence-electron chi connectivity index (χ2n) is 5.25. The molecule has 1 aromatic rings. The summed E-state index contributed by atoms with van der Waals surface area (Å²) in [6.07, 6.45) is 0. The van der Waals surface area contributed by atoms with Crippen LogP contribution in [0.4, 0.5) is 0 Å². The van der Waals surface area contributed by atoms with Gasteiger partial charge >= 0.3 is 11.9 Å². The standard InChI is InChI=1S/C18H22O6/c1-5-23-17(21)11(3)15(19)13-7-9-14(10-8-13)16(20)12(4)18(22)24-6-2/h7-12H,5-6H2,1-4H3/t11-,12-/m1/s1. The zero-order chi connectivity index (χ0) is 18.3. The van der Waals surface area contributed by atoms with Crippen LogP contribution in [0.1, 0.15) is 48.4 Å². The van der Waals surface area contributed by atoms with Gasteiger partial charge in [-0.2, -0.15) is 0 Å². The van der Waals surface area contributed by atoms with Gasteiger partial charge in [0.05, 0.1) is 13.2 Å². The molecule has 0 aliphatic carbocycles. The third kappa shape index (κ3) is 4.75. The number of carbonyl (C=O) groups excluding carboxylic acids is 4. The van der Waals surface area contributed by atoms with Crippen LogP contribution in [0.25, 0.3) is 0 Å². The summed E-state index contributed by atoms with van der Waals surface area (Å²) >= 11 is 0. The monoisotopic (exact) mass is 334 g/mol. The quantitative estimate of drug-likeness (QED) is 0.412. The highest BCUT2D eigenvalue weighted by Crippen LogP contribution is 2.15. The lowest BCUT2D eigenvalue weighted by atomic mass is 9.95. The summed E-state index contributed by atoms with van der Waals surface area (Å²) in [6, 6.07) is 5.85. The first kappa shape index (κ1) is 19.5. The number of esters is 2. The Balaban J connectivity index is 2.85. The third-order valence-corrected chi connectivity index (χ3v) is 3.52. The average molecular weight is 334 g/mol. The minimum Gasteiger partial charge on any atom is -0.465 e. The molecule has 130 valence electrons. The average Bonchev–Trinajstić information content (AvgIpc) is 2.59. The number of hydrogen-bond donors (Lipinski definition) is 0. The molecule has 0 radical (unpaired) electrons. The van der Waals surface area contributed by atoms with Crippen molar-refractivity contribution in [2.45, 2.75) is 27.7 Å². The topological polar surface area (TPSA) is 86.7 Å². The van der Waals surface area contributed by atoms with E-state index in [4.69, 9.17) is 9.47 Å². The molecule has 6 heteroatoms. The minimum atomic E-state index is -0.912. The summed E-state index contributed by atoms with van der Waals surface area (Å²) in [5, 5.41) is 0. The van der Waals surface area contributed by atoms with Crippen molar-refractivity contribution < 1.29 is 28.7 Å². The third-order valence-electron chi connectivity index (χ3n) is 3.52. The molecule has 0 heterocycles. The summed E-state index contributed by atoms with van der Waals surface area (Å²) in [4.78, 5) is 47.6. The molecule has 0 N–H and O–H groups in total. The number of ketones is 2. The smallest absolute Gasteiger partial charge is 0.316 e. The van der Waals surface area contributed by atoms with Crippen LogP contribution in [0.3, 0.4) is 0 Å². The fourth-order valence-electron chi connectivity index (χ4n) is 2.05. The van der Waals surface area contributed by atoms with E-state index in [1.807, 2.05) is 0 Å². The Bertz CT molecular complexity index is 562. The van der Waals surface area contributed by atoms with Crippen LogP contribution >= 0.6 is 0 Å². The SMILES string of the molecule is CCOC(=O)[C@H](C)C(=O)c1ccc(C(=O)[C@@H](C)C(=O)OCC)cc1. The van der Waals surface area contributed by atoms with E-state index in [0.29, 0.717) is 11.1 Å². The Kier molecular flexibility index (Phi) is 7.30. The van der Waals surface area contributed by atoms with E-state index in [-0.39, 0.29) is 24.8 Å². The first-order valence-corrected chi connectivity index (χ1v) is 7.85. The summed E-state index contributed by atoms with van der Waals surface area (Å²) in [7, 11) is 0. The summed E-state index contributed by atoms with van der Waals surface area (Å²) < 4.78 is 9.65. The van der Waals surface area contributed by atoms with Gasteiger partial charge in [0.1, 0.15) is 11.8 Å². The molecule has 6 nitrogen and oxygen atoms in total. The van der Waals surface area contributed by atoms with Crippen LogP contribution in [0, 0.1) is 11.8 Å². The molecule has 24 heavy (non-hydrogen) atoms. The van der Waals surface area contributed by atoms with Gasteiger partial charge in [-0.3, -0.25) is 19.2 Å². The number of rotatable bonds is 8. The zero-order valence-corrected chi connectivity index (χ0v) is 14.3. The second-order valence-corrected chi connectivity index (χ2v) is 5.25. The molecule has 0 unspecified atom stereocenters. The lowest BCUT2D eigenvalue weighted by Crippen LogP contribution is -2.24. The van der Waals surface area contributed by atoms with Crippen molar-refractivity contribution in [1.29, 1.82) is 0 Å².